The Morgan fingerprint density at radius 1 is 1.10 bits per heavy atom. The van der Waals surface area contributed by atoms with Crippen molar-refractivity contribution in [1.29, 1.82) is 0 Å². The molecule has 0 spiro atoms. The zero-order valence-electron chi connectivity index (χ0n) is 17.9. The van der Waals surface area contributed by atoms with Crippen LogP contribution in [0.25, 0.3) is 0 Å². The molecule has 0 aliphatic carbocycles. The van der Waals surface area contributed by atoms with E-state index in [0.717, 1.165) is 0 Å². The fraction of sp³-hybridized carbons (Fsp3) is 0.450. The lowest BCUT2D eigenvalue weighted by atomic mass is 9.96. The van der Waals surface area contributed by atoms with Crippen molar-refractivity contribution < 1.29 is 33.3 Å². The van der Waals surface area contributed by atoms with Crippen LogP contribution in [-0.2, 0) is 19.1 Å². The minimum absolute atomic E-state index is 0.0757. The van der Waals surface area contributed by atoms with Crippen molar-refractivity contribution in [3.63, 3.8) is 0 Å². The summed E-state index contributed by atoms with van der Waals surface area (Å²) in [5.74, 6) is 0.510. The summed E-state index contributed by atoms with van der Waals surface area (Å²) in [7, 11) is 5.86. The third-order valence-electron chi connectivity index (χ3n) is 4.27. The lowest BCUT2D eigenvalue weighted by Crippen LogP contribution is -2.31. The monoisotopic (exact) mass is 438 g/mol. The van der Waals surface area contributed by atoms with E-state index in [1.807, 2.05) is 0 Å². The molecule has 0 bridgehead atoms. The van der Waals surface area contributed by atoms with Crippen molar-refractivity contribution >= 4 is 28.9 Å². The van der Waals surface area contributed by atoms with Gasteiger partial charge in [-0.25, -0.2) is 9.79 Å². The van der Waals surface area contributed by atoms with Gasteiger partial charge >= 0.3 is 11.9 Å². The molecule has 0 saturated heterocycles. The Morgan fingerprint density at radius 3 is 2.23 bits per heavy atom. The molecule has 0 saturated carbocycles. The predicted molar refractivity (Wildman–Crippen MR) is 113 cm³/mol. The fourth-order valence-electron chi connectivity index (χ4n) is 2.88. The van der Waals surface area contributed by atoms with Gasteiger partial charge in [0.25, 0.3) is 0 Å². The van der Waals surface area contributed by atoms with Crippen LogP contribution in [0.3, 0.4) is 0 Å². The molecule has 1 atom stereocenters. The quantitative estimate of drug-likeness (QED) is 0.613. The molecular weight excluding hydrogens is 412 g/mol. The number of carbonyl (C=O) groups is 2. The number of benzene rings is 1. The van der Waals surface area contributed by atoms with Crippen LogP contribution >= 0.6 is 11.8 Å². The van der Waals surface area contributed by atoms with Gasteiger partial charge < -0.3 is 29.0 Å². The minimum atomic E-state index is -0.695. The Hall–Kier alpha value is -2.88. The standard InChI is InChI=1S/C20H26N2O7S/c1-7-29-19(24)16-11(2)21-20(30-10-15(23)27-5)22-17(16)12-8-13(25-3)18(28-6)14(9-12)26-4/h8-9,17H,7,10H2,1-6H3,(H,21,22)/t17-/m0/s1. The molecule has 164 valence electrons. The number of allylic oxidation sites excluding steroid dienone is 1. The number of aliphatic imine (C=N–C) groups is 1. The van der Waals surface area contributed by atoms with Crippen LogP contribution in [0.1, 0.15) is 25.5 Å². The van der Waals surface area contributed by atoms with Crippen molar-refractivity contribution in [3.05, 3.63) is 29.0 Å². The summed E-state index contributed by atoms with van der Waals surface area (Å²) in [6.45, 7) is 3.72. The number of esters is 2. The number of rotatable bonds is 8. The Labute approximate surface area is 179 Å². The highest BCUT2D eigenvalue weighted by atomic mass is 32.2. The molecule has 1 N–H and O–H groups in total. The first-order valence-electron chi connectivity index (χ1n) is 9.12. The van der Waals surface area contributed by atoms with Gasteiger partial charge in [0.1, 0.15) is 6.04 Å². The zero-order valence-corrected chi connectivity index (χ0v) is 18.7. The molecule has 9 nitrogen and oxygen atoms in total. The molecule has 1 aliphatic heterocycles. The van der Waals surface area contributed by atoms with Crippen molar-refractivity contribution in [2.45, 2.75) is 19.9 Å². The van der Waals surface area contributed by atoms with Gasteiger partial charge in [-0.2, -0.15) is 0 Å². The predicted octanol–water partition coefficient (Wildman–Crippen LogP) is 2.46. The second kappa shape index (κ2) is 10.8. The second-order valence-corrected chi connectivity index (χ2v) is 7.01. The number of thioether (sulfide) groups is 1. The molecule has 10 heteroatoms. The zero-order chi connectivity index (χ0) is 22.3. The summed E-state index contributed by atoms with van der Waals surface area (Å²) in [6, 6.07) is 2.77. The third kappa shape index (κ3) is 5.18. The van der Waals surface area contributed by atoms with Crippen LogP contribution in [0.15, 0.2) is 28.4 Å². The number of hydrogen-bond donors (Lipinski definition) is 1. The van der Waals surface area contributed by atoms with Crippen LogP contribution in [0.2, 0.25) is 0 Å². The number of methoxy groups -OCH3 is 4. The second-order valence-electron chi connectivity index (χ2n) is 6.04. The molecule has 30 heavy (non-hydrogen) atoms. The lowest BCUT2D eigenvalue weighted by Gasteiger charge is -2.26. The lowest BCUT2D eigenvalue weighted by molar-refractivity contribution is -0.139. The van der Waals surface area contributed by atoms with Gasteiger partial charge in [0.15, 0.2) is 16.7 Å². The molecule has 1 heterocycles. The smallest absolute Gasteiger partial charge is 0.338 e. The van der Waals surface area contributed by atoms with Crippen LogP contribution in [0.5, 0.6) is 17.2 Å². The van der Waals surface area contributed by atoms with Crippen LogP contribution < -0.4 is 19.5 Å². The molecule has 1 aromatic rings. The summed E-state index contributed by atoms with van der Waals surface area (Å²) in [6.07, 6.45) is 0. The van der Waals surface area contributed by atoms with Crippen molar-refractivity contribution in [2.75, 3.05) is 40.8 Å². The minimum Gasteiger partial charge on any atom is -0.493 e. The first kappa shape index (κ1) is 23.4. The number of amidine groups is 1. The van der Waals surface area contributed by atoms with E-state index in [9.17, 15) is 9.59 Å². The van der Waals surface area contributed by atoms with Crippen molar-refractivity contribution in [3.8, 4) is 17.2 Å². The fourth-order valence-corrected chi connectivity index (χ4v) is 3.66. The molecule has 1 aromatic carbocycles. The van der Waals surface area contributed by atoms with E-state index in [2.05, 4.69) is 15.0 Å². The third-order valence-corrected chi connectivity index (χ3v) is 5.13. The highest BCUT2D eigenvalue weighted by molar-refractivity contribution is 8.14. The normalized spacial score (nSPS) is 15.7. The Bertz CT molecular complexity index is 842. The van der Waals surface area contributed by atoms with Crippen molar-refractivity contribution in [2.24, 2.45) is 4.99 Å². The summed E-state index contributed by atoms with van der Waals surface area (Å²) in [5.41, 5.74) is 1.58. The van der Waals surface area contributed by atoms with E-state index in [1.165, 1.54) is 40.2 Å². The molecule has 0 aromatic heterocycles. The number of nitrogens with zero attached hydrogens (tertiary/aromatic N) is 1. The SMILES string of the molecule is CCOC(=O)C1=C(C)NC(SCC(=O)OC)=N[C@H]1c1cc(OC)c(OC)c(OC)c1. The van der Waals surface area contributed by atoms with Gasteiger partial charge in [0.05, 0.1) is 46.4 Å². The maximum atomic E-state index is 12.7. The number of carbonyl (C=O) groups excluding carboxylic acids is 2. The topological polar surface area (TPSA) is 105 Å². The summed E-state index contributed by atoms with van der Waals surface area (Å²) >= 11 is 1.18. The van der Waals surface area contributed by atoms with Crippen LogP contribution in [0.4, 0.5) is 0 Å². The first-order valence-corrected chi connectivity index (χ1v) is 10.1. The molecule has 0 unspecified atom stereocenters. The van der Waals surface area contributed by atoms with E-state index in [1.54, 1.807) is 26.0 Å². The van der Waals surface area contributed by atoms with Crippen LogP contribution in [0, 0.1) is 0 Å². The van der Waals surface area contributed by atoms with Crippen LogP contribution in [-0.4, -0.2) is 57.9 Å². The van der Waals surface area contributed by atoms with E-state index >= 15 is 0 Å². The average Bonchev–Trinajstić information content (AvgIpc) is 2.75. The Morgan fingerprint density at radius 2 is 1.73 bits per heavy atom. The van der Waals surface area contributed by atoms with E-state index in [0.29, 0.717) is 39.2 Å². The van der Waals surface area contributed by atoms with Gasteiger partial charge in [-0.1, -0.05) is 11.8 Å². The van der Waals surface area contributed by atoms with Gasteiger partial charge in [-0.15, -0.1) is 0 Å². The summed E-state index contributed by atoms with van der Waals surface area (Å²) in [4.78, 5) is 28.9. The van der Waals surface area contributed by atoms with Gasteiger partial charge in [0, 0.05) is 5.70 Å². The molecule has 0 fully saturated rings. The number of hydrogen-bond acceptors (Lipinski definition) is 10. The molecular formula is C20H26N2O7S. The Balaban J connectivity index is 2.56. The number of ether oxygens (including phenoxy) is 5. The molecule has 0 amide bonds. The number of nitrogens with one attached hydrogen (secondary N) is 1. The van der Waals surface area contributed by atoms with E-state index < -0.39 is 12.0 Å². The maximum Gasteiger partial charge on any atom is 0.338 e. The average molecular weight is 439 g/mol. The molecule has 2 rings (SSSR count). The summed E-state index contributed by atoms with van der Waals surface area (Å²) < 4.78 is 26.2. The van der Waals surface area contributed by atoms with Crippen molar-refractivity contribution in [1.82, 2.24) is 5.32 Å². The van der Waals surface area contributed by atoms with E-state index in [-0.39, 0.29) is 18.3 Å². The van der Waals surface area contributed by atoms with Gasteiger partial charge in [-0.3, -0.25) is 4.79 Å². The largest absolute Gasteiger partial charge is 0.493 e. The highest BCUT2D eigenvalue weighted by Gasteiger charge is 2.32. The summed E-state index contributed by atoms with van der Waals surface area (Å²) in [5, 5.41) is 3.54. The molecule has 0 radical (unpaired) electrons. The van der Waals surface area contributed by atoms with Gasteiger partial charge in [0.2, 0.25) is 5.75 Å². The highest BCUT2D eigenvalue weighted by Crippen LogP contribution is 2.43. The molecule has 1 aliphatic rings. The van der Waals surface area contributed by atoms with Gasteiger partial charge in [-0.05, 0) is 31.5 Å². The maximum absolute atomic E-state index is 12.7. The van der Waals surface area contributed by atoms with E-state index in [4.69, 9.17) is 18.9 Å². The Kier molecular flexibility index (Phi) is 8.40. The first-order chi connectivity index (χ1) is 14.4.